The molecule has 3 heteroatoms. The molecule has 0 aromatic heterocycles. The lowest BCUT2D eigenvalue weighted by atomic mass is 10.1. The van der Waals surface area contributed by atoms with Crippen molar-refractivity contribution < 1.29 is 0 Å². The van der Waals surface area contributed by atoms with E-state index in [0.717, 1.165) is 5.33 Å². The minimum Gasteiger partial charge on any atom is -0.372 e. The summed E-state index contributed by atoms with van der Waals surface area (Å²) in [6.07, 6.45) is 6.85. The van der Waals surface area contributed by atoms with E-state index in [1.807, 2.05) is 0 Å². The molecule has 1 fully saturated rings. The number of halogens is 2. The number of benzene rings is 1. The van der Waals surface area contributed by atoms with Gasteiger partial charge < -0.3 is 4.90 Å². The van der Waals surface area contributed by atoms with E-state index in [1.165, 1.54) is 60.9 Å². The van der Waals surface area contributed by atoms with Crippen LogP contribution in [-0.4, -0.2) is 13.1 Å². The van der Waals surface area contributed by atoms with Crippen LogP contribution in [0.4, 0.5) is 5.69 Å². The fourth-order valence-corrected chi connectivity index (χ4v) is 3.72. The summed E-state index contributed by atoms with van der Waals surface area (Å²) in [4.78, 5) is 2.53. The minimum atomic E-state index is 0.911. The topological polar surface area (TPSA) is 3.24 Å². The molecule has 0 atom stereocenters. The van der Waals surface area contributed by atoms with Crippen LogP contribution >= 0.6 is 31.9 Å². The molecular formula is C14H19Br2N. The molecule has 0 unspecified atom stereocenters. The second-order valence-corrected chi connectivity index (χ2v) is 6.08. The van der Waals surface area contributed by atoms with Crippen molar-refractivity contribution in [1.29, 1.82) is 0 Å². The van der Waals surface area contributed by atoms with Crippen molar-refractivity contribution in [3.05, 3.63) is 28.2 Å². The Hall–Kier alpha value is -0.0200. The average Bonchev–Trinajstić information content (AvgIpc) is 2.28. The van der Waals surface area contributed by atoms with E-state index in [4.69, 9.17) is 0 Å². The van der Waals surface area contributed by atoms with E-state index in [0.29, 0.717) is 0 Å². The predicted octanol–water partition coefficient (Wildman–Crippen LogP) is 5.11. The molecule has 0 aliphatic carbocycles. The number of rotatable bonds is 2. The highest BCUT2D eigenvalue weighted by Crippen LogP contribution is 2.27. The molecule has 1 aromatic carbocycles. The Morgan fingerprint density at radius 2 is 1.65 bits per heavy atom. The van der Waals surface area contributed by atoms with Crippen molar-refractivity contribution in [2.45, 2.75) is 37.4 Å². The quantitative estimate of drug-likeness (QED) is 0.662. The van der Waals surface area contributed by atoms with Gasteiger partial charge in [-0.1, -0.05) is 57.2 Å². The molecule has 1 saturated heterocycles. The van der Waals surface area contributed by atoms with Crippen molar-refractivity contribution >= 4 is 37.5 Å². The molecule has 1 heterocycles. The van der Waals surface area contributed by atoms with E-state index < -0.39 is 0 Å². The summed E-state index contributed by atoms with van der Waals surface area (Å²) in [6.45, 7) is 2.42. The first kappa shape index (κ1) is 13.4. The second kappa shape index (κ2) is 6.79. The van der Waals surface area contributed by atoms with Gasteiger partial charge in [0, 0.05) is 28.6 Å². The maximum atomic E-state index is 3.65. The van der Waals surface area contributed by atoms with Crippen LogP contribution in [0.5, 0.6) is 0 Å². The normalized spacial score (nSPS) is 17.6. The van der Waals surface area contributed by atoms with Gasteiger partial charge in [0.1, 0.15) is 0 Å². The third-order valence-electron chi connectivity index (χ3n) is 3.40. The highest BCUT2D eigenvalue weighted by Gasteiger charge is 2.10. The van der Waals surface area contributed by atoms with Gasteiger partial charge in [0.15, 0.2) is 0 Å². The monoisotopic (exact) mass is 359 g/mol. The van der Waals surface area contributed by atoms with Crippen LogP contribution in [0, 0.1) is 0 Å². The van der Waals surface area contributed by atoms with Crippen molar-refractivity contribution in [3.8, 4) is 0 Å². The van der Waals surface area contributed by atoms with Crippen LogP contribution < -0.4 is 4.90 Å². The van der Waals surface area contributed by atoms with Gasteiger partial charge in [-0.25, -0.2) is 0 Å². The molecule has 0 spiro atoms. The van der Waals surface area contributed by atoms with Gasteiger partial charge in [-0.05, 0) is 30.5 Å². The fraction of sp³-hybridized carbons (Fsp3) is 0.571. The van der Waals surface area contributed by atoms with Crippen LogP contribution in [0.25, 0.3) is 0 Å². The molecule has 0 N–H and O–H groups in total. The summed E-state index contributed by atoms with van der Waals surface area (Å²) in [5.74, 6) is 0. The number of hydrogen-bond donors (Lipinski definition) is 0. The Balaban J connectivity index is 2.11. The molecule has 94 valence electrons. The lowest BCUT2D eigenvalue weighted by Crippen LogP contribution is -2.26. The largest absolute Gasteiger partial charge is 0.372 e. The standard InChI is InChI=1S/C14H19Br2N/c15-11-12-6-7-13(10-14(12)16)17-8-4-2-1-3-5-9-17/h6-7,10H,1-5,8-9,11H2. The van der Waals surface area contributed by atoms with Crippen molar-refractivity contribution in [3.63, 3.8) is 0 Å². The molecule has 1 aliphatic heterocycles. The maximum absolute atomic E-state index is 3.65. The third kappa shape index (κ3) is 3.72. The number of alkyl halides is 1. The van der Waals surface area contributed by atoms with E-state index in [9.17, 15) is 0 Å². The van der Waals surface area contributed by atoms with Gasteiger partial charge >= 0.3 is 0 Å². The molecule has 0 amide bonds. The van der Waals surface area contributed by atoms with Gasteiger partial charge in [0.05, 0.1) is 0 Å². The van der Waals surface area contributed by atoms with Crippen LogP contribution in [0.2, 0.25) is 0 Å². The van der Waals surface area contributed by atoms with Gasteiger partial charge in [-0.3, -0.25) is 0 Å². The SMILES string of the molecule is BrCc1ccc(N2CCCCCCC2)cc1Br. The number of hydrogen-bond acceptors (Lipinski definition) is 1. The molecular weight excluding hydrogens is 342 g/mol. The molecule has 1 aromatic rings. The first-order chi connectivity index (χ1) is 8.31. The Kier molecular flexibility index (Phi) is 5.36. The molecule has 1 aliphatic rings. The first-order valence-electron chi connectivity index (χ1n) is 6.40. The zero-order valence-electron chi connectivity index (χ0n) is 10.1. The number of nitrogens with zero attached hydrogens (tertiary/aromatic N) is 1. The van der Waals surface area contributed by atoms with Gasteiger partial charge in [0.2, 0.25) is 0 Å². The maximum Gasteiger partial charge on any atom is 0.0377 e. The lowest BCUT2D eigenvalue weighted by Gasteiger charge is -2.27. The van der Waals surface area contributed by atoms with Crippen LogP contribution in [0.15, 0.2) is 22.7 Å². The van der Waals surface area contributed by atoms with Crippen molar-refractivity contribution in [2.24, 2.45) is 0 Å². The smallest absolute Gasteiger partial charge is 0.0377 e. The summed E-state index contributed by atoms with van der Waals surface area (Å²) in [5.41, 5.74) is 2.68. The minimum absolute atomic E-state index is 0.911. The van der Waals surface area contributed by atoms with Gasteiger partial charge in [0.25, 0.3) is 0 Å². The molecule has 0 saturated carbocycles. The second-order valence-electron chi connectivity index (χ2n) is 4.66. The first-order valence-corrected chi connectivity index (χ1v) is 8.32. The Morgan fingerprint density at radius 3 is 2.24 bits per heavy atom. The average molecular weight is 361 g/mol. The summed E-state index contributed by atoms with van der Waals surface area (Å²) >= 11 is 7.16. The molecule has 0 bridgehead atoms. The zero-order chi connectivity index (χ0) is 12.1. The van der Waals surface area contributed by atoms with E-state index in [1.54, 1.807) is 0 Å². The summed E-state index contributed by atoms with van der Waals surface area (Å²) in [5, 5.41) is 0.911. The Bertz CT molecular complexity index is 357. The van der Waals surface area contributed by atoms with Crippen molar-refractivity contribution in [1.82, 2.24) is 0 Å². The highest BCUT2D eigenvalue weighted by molar-refractivity contribution is 9.10. The molecule has 1 nitrogen and oxygen atoms in total. The van der Waals surface area contributed by atoms with E-state index in [2.05, 4.69) is 55.0 Å². The molecule has 17 heavy (non-hydrogen) atoms. The third-order valence-corrected chi connectivity index (χ3v) is 4.74. The van der Waals surface area contributed by atoms with Gasteiger partial charge in [-0.2, -0.15) is 0 Å². The summed E-state index contributed by atoms with van der Waals surface area (Å²) in [7, 11) is 0. The fourth-order valence-electron chi connectivity index (χ4n) is 2.35. The lowest BCUT2D eigenvalue weighted by molar-refractivity contribution is 0.556. The van der Waals surface area contributed by atoms with E-state index in [-0.39, 0.29) is 0 Å². The van der Waals surface area contributed by atoms with Crippen LogP contribution in [0.3, 0.4) is 0 Å². The summed E-state index contributed by atoms with van der Waals surface area (Å²) < 4.78 is 1.22. The summed E-state index contributed by atoms with van der Waals surface area (Å²) in [6, 6.07) is 6.73. The Labute approximate surface area is 121 Å². The number of anilines is 1. The van der Waals surface area contributed by atoms with Crippen LogP contribution in [0.1, 0.15) is 37.7 Å². The van der Waals surface area contributed by atoms with E-state index >= 15 is 0 Å². The zero-order valence-corrected chi connectivity index (χ0v) is 13.3. The highest BCUT2D eigenvalue weighted by atomic mass is 79.9. The molecule has 0 radical (unpaired) electrons. The molecule has 2 rings (SSSR count). The van der Waals surface area contributed by atoms with Gasteiger partial charge in [-0.15, -0.1) is 0 Å². The Morgan fingerprint density at radius 1 is 1.00 bits per heavy atom. The van der Waals surface area contributed by atoms with Crippen molar-refractivity contribution in [2.75, 3.05) is 18.0 Å². The predicted molar refractivity (Wildman–Crippen MR) is 82.1 cm³/mol. The van der Waals surface area contributed by atoms with Crippen LogP contribution in [-0.2, 0) is 5.33 Å².